The van der Waals surface area contributed by atoms with Gasteiger partial charge in [-0.15, -0.1) is 0 Å². The first-order valence-corrected chi connectivity index (χ1v) is 11.1. The van der Waals surface area contributed by atoms with Gasteiger partial charge >= 0.3 is 0 Å². The Morgan fingerprint density at radius 1 is 1.03 bits per heavy atom. The molecule has 0 unspecified atom stereocenters. The van der Waals surface area contributed by atoms with Crippen molar-refractivity contribution in [3.8, 4) is 0 Å². The summed E-state index contributed by atoms with van der Waals surface area (Å²) in [6.45, 7) is 7.10. The third kappa shape index (κ3) is 5.16. The number of aromatic nitrogens is 1. The summed E-state index contributed by atoms with van der Waals surface area (Å²) < 4.78 is 5.45. The molecule has 2 saturated heterocycles. The lowest BCUT2D eigenvalue weighted by atomic mass is 10.0. The lowest BCUT2D eigenvalue weighted by Crippen LogP contribution is -2.49. The first-order chi connectivity index (χ1) is 14.6. The van der Waals surface area contributed by atoms with Gasteiger partial charge < -0.3 is 20.3 Å². The van der Waals surface area contributed by atoms with Gasteiger partial charge in [0, 0.05) is 50.5 Å². The molecule has 0 radical (unpaired) electrons. The first-order valence-electron chi connectivity index (χ1n) is 10.3. The molecule has 30 heavy (non-hydrogen) atoms. The molecule has 2 aliphatic heterocycles. The fourth-order valence-electron chi connectivity index (χ4n) is 3.91. The number of carbonyl (C=O) groups is 2. The molecule has 9 heteroatoms. The number of benzene rings is 1. The van der Waals surface area contributed by atoms with Crippen LogP contribution in [0.1, 0.15) is 29.4 Å². The molecular formula is C21H27N5O3S. The first kappa shape index (κ1) is 20.8. The van der Waals surface area contributed by atoms with Crippen molar-refractivity contribution in [1.82, 2.24) is 9.88 Å². The lowest BCUT2D eigenvalue weighted by Gasteiger charge is -2.40. The van der Waals surface area contributed by atoms with Gasteiger partial charge in [0.25, 0.3) is 5.91 Å². The van der Waals surface area contributed by atoms with E-state index in [4.69, 9.17) is 4.74 Å². The molecule has 4 rings (SSSR count). The summed E-state index contributed by atoms with van der Waals surface area (Å²) in [6, 6.07) is 7.66. The van der Waals surface area contributed by atoms with Crippen molar-refractivity contribution in [3.63, 3.8) is 0 Å². The number of thiazole rings is 1. The minimum Gasteiger partial charge on any atom is -0.379 e. The predicted octanol–water partition coefficient (Wildman–Crippen LogP) is 2.65. The molecule has 1 aromatic carbocycles. The van der Waals surface area contributed by atoms with E-state index >= 15 is 0 Å². The highest BCUT2D eigenvalue weighted by Gasteiger charge is 2.27. The molecular weight excluding hydrogens is 402 g/mol. The molecule has 0 atom stereocenters. The van der Waals surface area contributed by atoms with Gasteiger partial charge in [0.15, 0.2) is 5.13 Å². The molecule has 0 saturated carbocycles. The maximum absolute atomic E-state index is 12.6. The van der Waals surface area contributed by atoms with Crippen LogP contribution in [0.4, 0.5) is 16.5 Å². The monoisotopic (exact) mass is 429 g/mol. The summed E-state index contributed by atoms with van der Waals surface area (Å²) >= 11 is 1.43. The zero-order valence-electron chi connectivity index (χ0n) is 17.1. The van der Waals surface area contributed by atoms with Gasteiger partial charge in [-0.25, -0.2) is 4.98 Å². The van der Waals surface area contributed by atoms with Crippen molar-refractivity contribution in [3.05, 3.63) is 35.3 Å². The second-order valence-electron chi connectivity index (χ2n) is 7.59. The maximum atomic E-state index is 12.6. The number of morpholine rings is 1. The molecule has 2 N–H and O–H groups in total. The Morgan fingerprint density at radius 2 is 1.67 bits per heavy atom. The number of nitrogens with one attached hydrogen (secondary N) is 2. The second kappa shape index (κ2) is 9.55. The van der Waals surface area contributed by atoms with Gasteiger partial charge in [0.05, 0.1) is 19.4 Å². The normalized spacial score (nSPS) is 18.2. The van der Waals surface area contributed by atoms with Crippen molar-refractivity contribution in [2.24, 2.45) is 0 Å². The number of ether oxygens (including phenoxy) is 1. The fourth-order valence-corrected chi connectivity index (χ4v) is 4.78. The number of anilines is 3. The molecule has 8 nitrogen and oxygen atoms in total. The van der Waals surface area contributed by atoms with E-state index in [-0.39, 0.29) is 11.8 Å². The van der Waals surface area contributed by atoms with Gasteiger partial charge in [-0.05, 0) is 37.1 Å². The number of hydrogen-bond donors (Lipinski definition) is 2. The fraction of sp³-hybridized carbons (Fsp3) is 0.476. The van der Waals surface area contributed by atoms with Crippen LogP contribution in [-0.4, -0.2) is 67.1 Å². The van der Waals surface area contributed by atoms with Gasteiger partial charge in [-0.2, -0.15) is 0 Å². The van der Waals surface area contributed by atoms with Crippen LogP contribution in [0.2, 0.25) is 0 Å². The van der Waals surface area contributed by atoms with Crippen LogP contribution in [0.3, 0.4) is 0 Å². The number of hydrogen-bond acceptors (Lipinski definition) is 7. The SMILES string of the molecule is CC(=O)Nc1ccc(NC(=O)c2cnc(N3CCC(N4CCOCC4)CC3)s2)cc1. The van der Waals surface area contributed by atoms with E-state index in [2.05, 4.69) is 25.4 Å². The Balaban J connectivity index is 1.30. The average molecular weight is 430 g/mol. The van der Waals surface area contributed by atoms with E-state index in [9.17, 15) is 9.59 Å². The molecule has 3 heterocycles. The van der Waals surface area contributed by atoms with Gasteiger partial charge in [-0.3, -0.25) is 14.5 Å². The van der Waals surface area contributed by atoms with Crippen LogP contribution in [0, 0.1) is 0 Å². The van der Waals surface area contributed by atoms with Crippen LogP contribution in [0.15, 0.2) is 30.5 Å². The molecule has 0 aliphatic carbocycles. The van der Waals surface area contributed by atoms with Crippen LogP contribution < -0.4 is 15.5 Å². The Labute approximate surface area is 180 Å². The molecule has 2 fully saturated rings. The lowest BCUT2D eigenvalue weighted by molar-refractivity contribution is -0.114. The average Bonchev–Trinajstić information content (AvgIpc) is 3.26. The number of piperidine rings is 1. The Bertz CT molecular complexity index is 871. The minimum atomic E-state index is -0.172. The van der Waals surface area contributed by atoms with Crippen molar-refractivity contribution in [2.75, 3.05) is 54.9 Å². The summed E-state index contributed by atoms with van der Waals surface area (Å²) in [7, 11) is 0. The molecule has 2 aromatic rings. The van der Waals surface area contributed by atoms with Gasteiger partial charge in [-0.1, -0.05) is 11.3 Å². The summed E-state index contributed by atoms with van der Waals surface area (Å²) in [5.41, 5.74) is 1.37. The van der Waals surface area contributed by atoms with E-state index in [0.717, 1.165) is 57.4 Å². The number of rotatable bonds is 5. The highest BCUT2D eigenvalue weighted by atomic mass is 32.1. The Morgan fingerprint density at radius 3 is 2.30 bits per heavy atom. The molecule has 1 aromatic heterocycles. The Kier molecular flexibility index (Phi) is 6.61. The molecule has 0 spiro atoms. The van der Waals surface area contributed by atoms with Crippen LogP contribution >= 0.6 is 11.3 Å². The van der Waals surface area contributed by atoms with Crippen molar-refractivity contribution < 1.29 is 14.3 Å². The number of nitrogens with zero attached hydrogens (tertiary/aromatic N) is 3. The highest BCUT2D eigenvalue weighted by molar-refractivity contribution is 7.17. The molecule has 160 valence electrons. The summed E-state index contributed by atoms with van der Waals surface area (Å²) in [6.07, 6.45) is 3.87. The summed E-state index contributed by atoms with van der Waals surface area (Å²) in [4.78, 5) is 33.6. The minimum absolute atomic E-state index is 0.127. The van der Waals surface area contributed by atoms with Gasteiger partial charge in [0.1, 0.15) is 4.88 Å². The number of amides is 2. The standard InChI is InChI=1S/C21H27N5O3S/c1-15(27)23-16-2-4-17(5-3-16)24-20(28)19-14-22-21(30-19)26-8-6-18(7-9-26)25-10-12-29-13-11-25/h2-5,14,18H,6-13H2,1H3,(H,23,27)(H,24,28). The summed E-state index contributed by atoms with van der Waals surface area (Å²) in [5, 5.41) is 6.50. The van der Waals surface area contributed by atoms with Gasteiger partial charge in [0.2, 0.25) is 5.91 Å². The van der Waals surface area contributed by atoms with Crippen molar-refractivity contribution in [2.45, 2.75) is 25.8 Å². The van der Waals surface area contributed by atoms with E-state index in [1.807, 2.05) is 0 Å². The zero-order chi connectivity index (χ0) is 20.9. The van der Waals surface area contributed by atoms with E-state index in [0.29, 0.717) is 22.3 Å². The molecule has 2 amide bonds. The molecule has 0 bridgehead atoms. The number of carbonyl (C=O) groups excluding carboxylic acids is 2. The summed E-state index contributed by atoms with van der Waals surface area (Å²) in [5.74, 6) is -0.299. The second-order valence-corrected chi connectivity index (χ2v) is 8.60. The Hall–Kier alpha value is -2.49. The highest BCUT2D eigenvalue weighted by Crippen LogP contribution is 2.28. The van der Waals surface area contributed by atoms with Crippen LogP contribution in [0.25, 0.3) is 0 Å². The van der Waals surface area contributed by atoms with Crippen LogP contribution in [-0.2, 0) is 9.53 Å². The van der Waals surface area contributed by atoms with Crippen molar-refractivity contribution >= 4 is 39.7 Å². The third-order valence-electron chi connectivity index (χ3n) is 5.48. The topological polar surface area (TPSA) is 86.8 Å². The predicted molar refractivity (Wildman–Crippen MR) is 118 cm³/mol. The third-order valence-corrected chi connectivity index (χ3v) is 6.53. The van der Waals surface area contributed by atoms with E-state index in [1.54, 1.807) is 30.5 Å². The zero-order valence-corrected chi connectivity index (χ0v) is 17.9. The van der Waals surface area contributed by atoms with E-state index in [1.165, 1.54) is 18.3 Å². The molecule has 2 aliphatic rings. The quantitative estimate of drug-likeness (QED) is 0.760. The van der Waals surface area contributed by atoms with Crippen LogP contribution in [0.5, 0.6) is 0 Å². The maximum Gasteiger partial charge on any atom is 0.267 e. The largest absolute Gasteiger partial charge is 0.379 e. The van der Waals surface area contributed by atoms with E-state index < -0.39 is 0 Å². The smallest absolute Gasteiger partial charge is 0.267 e. The van der Waals surface area contributed by atoms with Crippen molar-refractivity contribution in [1.29, 1.82) is 0 Å².